The predicted molar refractivity (Wildman–Crippen MR) is 128 cm³/mol. The number of halogens is 1. The molecule has 1 N–H and O–H groups in total. The number of carbonyl (C=O) groups excluding carboxylic acids is 1. The molecule has 1 unspecified atom stereocenters. The number of carbonyl (C=O) groups is 1. The van der Waals surface area contributed by atoms with E-state index in [1.165, 1.54) is 16.9 Å². The maximum absolute atomic E-state index is 13.0. The van der Waals surface area contributed by atoms with E-state index in [1.807, 2.05) is 17.0 Å². The van der Waals surface area contributed by atoms with Crippen LogP contribution >= 0.6 is 22.9 Å². The second-order valence-electron chi connectivity index (χ2n) is 9.07. The Morgan fingerprint density at radius 1 is 1.21 bits per heavy atom. The van der Waals surface area contributed by atoms with Gasteiger partial charge >= 0.3 is 0 Å². The van der Waals surface area contributed by atoms with E-state index in [0.29, 0.717) is 36.9 Å². The lowest BCUT2D eigenvalue weighted by Gasteiger charge is -2.35. The van der Waals surface area contributed by atoms with Gasteiger partial charge in [-0.25, -0.2) is 4.98 Å². The number of fused-ring (bicyclic) bond motifs is 4. The van der Waals surface area contributed by atoms with E-state index in [9.17, 15) is 9.59 Å². The highest BCUT2D eigenvalue weighted by Crippen LogP contribution is 2.34. The van der Waals surface area contributed by atoms with Crippen LogP contribution in [0.1, 0.15) is 34.7 Å². The molecular formula is C24H25ClN4O3S. The third-order valence-electron chi connectivity index (χ3n) is 6.90. The fourth-order valence-electron chi connectivity index (χ4n) is 5.18. The van der Waals surface area contributed by atoms with Gasteiger partial charge in [0.15, 0.2) is 6.10 Å². The lowest BCUT2D eigenvalue weighted by atomic mass is 9.97. The third-order valence-corrected chi connectivity index (χ3v) is 8.32. The average molecular weight is 485 g/mol. The van der Waals surface area contributed by atoms with Crippen LogP contribution in [0.4, 0.5) is 0 Å². The highest BCUT2D eigenvalue weighted by molar-refractivity contribution is 7.18. The van der Waals surface area contributed by atoms with E-state index in [4.69, 9.17) is 21.3 Å². The number of aryl methyl sites for hydroxylation is 2. The Hall–Kier alpha value is -2.42. The standard InChI is InChI=1S/C24H25ClN4O3S/c25-15-5-6-17-14(11-15)12-18(32-17)24(31)29-9-7-28(8-10-29)13-20-26-22(30)21-16-3-1-2-4-19(16)33-23(21)27-20/h5-6,11,18H,1-4,7-10,12-13H2,(H,26,27,30). The smallest absolute Gasteiger partial charge is 0.264 e. The number of hydrogen-bond acceptors (Lipinski definition) is 6. The van der Waals surface area contributed by atoms with Crippen molar-refractivity contribution in [2.24, 2.45) is 0 Å². The van der Waals surface area contributed by atoms with Gasteiger partial charge in [-0.15, -0.1) is 11.3 Å². The van der Waals surface area contributed by atoms with Crippen LogP contribution in [-0.4, -0.2) is 58.0 Å². The summed E-state index contributed by atoms with van der Waals surface area (Å²) in [4.78, 5) is 39.9. The van der Waals surface area contributed by atoms with Crippen LogP contribution in [0.15, 0.2) is 23.0 Å². The summed E-state index contributed by atoms with van der Waals surface area (Å²) in [5.74, 6) is 1.48. The lowest BCUT2D eigenvalue weighted by Crippen LogP contribution is -2.52. The number of thiophene rings is 1. The molecule has 3 aliphatic rings. The third kappa shape index (κ3) is 3.94. The number of nitrogens with one attached hydrogen (secondary N) is 1. The van der Waals surface area contributed by atoms with Gasteiger partial charge in [0.2, 0.25) is 0 Å². The Labute approximate surface area is 200 Å². The van der Waals surface area contributed by atoms with Crippen molar-refractivity contribution in [1.29, 1.82) is 0 Å². The molecule has 7 nitrogen and oxygen atoms in total. The Morgan fingerprint density at radius 3 is 2.88 bits per heavy atom. The van der Waals surface area contributed by atoms with Crippen LogP contribution in [0.5, 0.6) is 5.75 Å². The molecule has 2 aromatic heterocycles. The van der Waals surface area contributed by atoms with Crippen molar-refractivity contribution in [3.8, 4) is 5.75 Å². The molecule has 3 aromatic rings. The maximum Gasteiger partial charge on any atom is 0.264 e. The van der Waals surface area contributed by atoms with Crippen LogP contribution in [0.3, 0.4) is 0 Å². The molecule has 1 aromatic carbocycles. The number of aromatic nitrogens is 2. The fourth-order valence-corrected chi connectivity index (χ4v) is 6.66. The van der Waals surface area contributed by atoms with E-state index in [0.717, 1.165) is 53.9 Å². The van der Waals surface area contributed by atoms with Gasteiger partial charge in [0.1, 0.15) is 16.4 Å². The summed E-state index contributed by atoms with van der Waals surface area (Å²) < 4.78 is 5.88. The number of hydrogen-bond donors (Lipinski definition) is 1. The van der Waals surface area contributed by atoms with E-state index in [2.05, 4.69) is 9.88 Å². The Morgan fingerprint density at radius 2 is 2.03 bits per heavy atom. The van der Waals surface area contributed by atoms with Crippen LogP contribution in [-0.2, 0) is 30.6 Å². The summed E-state index contributed by atoms with van der Waals surface area (Å²) in [6.45, 7) is 3.32. The summed E-state index contributed by atoms with van der Waals surface area (Å²) in [6.07, 6.45) is 4.47. The fraction of sp³-hybridized carbons (Fsp3) is 0.458. The number of benzene rings is 1. The molecule has 172 valence electrons. The second kappa shape index (κ2) is 8.42. The van der Waals surface area contributed by atoms with Gasteiger partial charge in [-0.1, -0.05) is 11.6 Å². The van der Waals surface area contributed by atoms with Crippen LogP contribution < -0.4 is 10.3 Å². The molecule has 0 saturated carbocycles. The zero-order valence-electron chi connectivity index (χ0n) is 18.2. The average Bonchev–Trinajstić information content (AvgIpc) is 3.40. The van der Waals surface area contributed by atoms with Crippen LogP contribution in [0.25, 0.3) is 10.2 Å². The Balaban J connectivity index is 1.09. The van der Waals surface area contributed by atoms with Crippen molar-refractivity contribution in [3.63, 3.8) is 0 Å². The molecule has 2 aliphatic heterocycles. The number of H-pyrrole nitrogens is 1. The van der Waals surface area contributed by atoms with Gasteiger partial charge in [-0.05, 0) is 55.0 Å². The van der Waals surface area contributed by atoms with Gasteiger partial charge in [0.25, 0.3) is 11.5 Å². The first kappa shape index (κ1) is 21.1. The minimum Gasteiger partial charge on any atom is -0.480 e. The number of ether oxygens (including phenoxy) is 1. The van der Waals surface area contributed by atoms with Crippen molar-refractivity contribution >= 4 is 39.1 Å². The maximum atomic E-state index is 13.0. The lowest BCUT2D eigenvalue weighted by molar-refractivity contribution is -0.139. The number of rotatable bonds is 3. The predicted octanol–water partition coefficient (Wildman–Crippen LogP) is 3.16. The molecule has 6 rings (SSSR count). The highest BCUT2D eigenvalue weighted by Gasteiger charge is 2.34. The molecular weight excluding hydrogens is 460 g/mol. The molecule has 0 radical (unpaired) electrons. The highest BCUT2D eigenvalue weighted by atomic mass is 35.5. The Kier molecular flexibility index (Phi) is 5.39. The topological polar surface area (TPSA) is 78.5 Å². The van der Waals surface area contributed by atoms with E-state index in [-0.39, 0.29) is 11.5 Å². The van der Waals surface area contributed by atoms with Gasteiger partial charge in [-0.2, -0.15) is 0 Å². The van der Waals surface area contributed by atoms with Gasteiger partial charge in [0, 0.05) is 42.5 Å². The molecule has 0 spiro atoms. The van der Waals surface area contributed by atoms with Crippen molar-refractivity contribution in [1.82, 2.24) is 19.8 Å². The summed E-state index contributed by atoms with van der Waals surface area (Å²) in [5, 5.41) is 1.46. The van der Waals surface area contributed by atoms with Gasteiger partial charge in [-0.3, -0.25) is 14.5 Å². The molecule has 1 amide bonds. The number of nitrogens with zero attached hydrogens (tertiary/aromatic N) is 3. The van der Waals surface area contributed by atoms with Gasteiger partial charge in [0.05, 0.1) is 11.9 Å². The minimum absolute atomic E-state index is 0.0127. The zero-order chi connectivity index (χ0) is 22.5. The molecule has 1 saturated heterocycles. The van der Waals surface area contributed by atoms with Crippen molar-refractivity contribution in [2.75, 3.05) is 26.2 Å². The first-order valence-corrected chi connectivity index (χ1v) is 12.7. The summed E-state index contributed by atoms with van der Waals surface area (Å²) in [5.41, 5.74) is 2.19. The number of piperazine rings is 1. The molecule has 0 bridgehead atoms. The normalized spacial score (nSPS) is 20.5. The van der Waals surface area contributed by atoms with Crippen LogP contribution in [0.2, 0.25) is 5.02 Å². The number of amides is 1. The monoisotopic (exact) mass is 484 g/mol. The van der Waals surface area contributed by atoms with E-state index >= 15 is 0 Å². The first-order valence-electron chi connectivity index (χ1n) is 11.5. The van der Waals surface area contributed by atoms with E-state index in [1.54, 1.807) is 17.4 Å². The molecule has 9 heteroatoms. The minimum atomic E-state index is -0.477. The summed E-state index contributed by atoms with van der Waals surface area (Å²) >= 11 is 7.75. The van der Waals surface area contributed by atoms with E-state index < -0.39 is 6.10 Å². The van der Waals surface area contributed by atoms with Crippen LogP contribution in [0, 0.1) is 0 Å². The molecule has 4 heterocycles. The Bertz CT molecular complexity index is 1290. The van der Waals surface area contributed by atoms with Crippen molar-refractivity contribution < 1.29 is 9.53 Å². The summed E-state index contributed by atoms with van der Waals surface area (Å²) in [7, 11) is 0. The van der Waals surface area contributed by atoms with Crippen molar-refractivity contribution in [2.45, 2.75) is 44.8 Å². The second-order valence-corrected chi connectivity index (χ2v) is 10.6. The largest absolute Gasteiger partial charge is 0.480 e. The molecule has 33 heavy (non-hydrogen) atoms. The zero-order valence-corrected chi connectivity index (χ0v) is 19.8. The number of aromatic amines is 1. The molecule has 1 fully saturated rings. The molecule has 1 atom stereocenters. The summed E-state index contributed by atoms with van der Waals surface area (Å²) in [6, 6.07) is 5.49. The quantitative estimate of drug-likeness (QED) is 0.617. The molecule has 1 aliphatic carbocycles. The SMILES string of the molecule is O=C(C1Cc2cc(Cl)ccc2O1)N1CCN(Cc2nc3sc4c(c3c(=O)[nH]2)CCCC4)CC1. The first-order chi connectivity index (χ1) is 16.0. The van der Waals surface area contributed by atoms with Crippen molar-refractivity contribution in [3.05, 3.63) is 55.4 Å². The van der Waals surface area contributed by atoms with Gasteiger partial charge < -0.3 is 14.6 Å².